The second-order valence-electron chi connectivity index (χ2n) is 4.56. The fraction of sp³-hybridized carbons (Fsp3) is 0.294. The van der Waals surface area contributed by atoms with Crippen LogP contribution in [0.3, 0.4) is 0 Å². The molecular formula is C17H19BrO. The van der Waals surface area contributed by atoms with Crippen molar-refractivity contribution in [1.29, 1.82) is 0 Å². The molecule has 0 radical (unpaired) electrons. The van der Waals surface area contributed by atoms with Gasteiger partial charge < -0.3 is 4.74 Å². The minimum Gasteiger partial charge on any atom is -0.494 e. The lowest BCUT2D eigenvalue weighted by molar-refractivity contribution is 0.306. The highest BCUT2D eigenvalue weighted by atomic mass is 79.9. The van der Waals surface area contributed by atoms with Gasteiger partial charge in [-0.15, -0.1) is 0 Å². The van der Waals surface area contributed by atoms with E-state index < -0.39 is 0 Å². The first-order chi connectivity index (χ1) is 9.31. The molecule has 0 saturated carbocycles. The van der Waals surface area contributed by atoms with Gasteiger partial charge in [0.15, 0.2) is 0 Å². The van der Waals surface area contributed by atoms with E-state index in [1.165, 1.54) is 24.0 Å². The van der Waals surface area contributed by atoms with Gasteiger partial charge >= 0.3 is 0 Å². The van der Waals surface area contributed by atoms with E-state index in [-0.39, 0.29) is 0 Å². The first-order valence-electron chi connectivity index (χ1n) is 6.79. The average molecular weight is 319 g/mol. The molecule has 0 aliphatic heterocycles. The lowest BCUT2D eigenvalue weighted by atomic mass is 10.1. The van der Waals surface area contributed by atoms with Crippen molar-refractivity contribution in [3.8, 4) is 16.9 Å². The van der Waals surface area contributed by atoms with Gasteiger partial charge in [-0.25, -0.2) is 0 Å². The van der Waals surface area contributed by atoms with Crippen LogP contribution >= 0.6 is 15.9 Å². The molecule has 2 heteroatoms. The fourth-order valence-corrected chi connectivity index (χ4v) is 2.48. The maximum Gasteiger partial charge on any atom is 0.119 e. The van der Waals surface area contributed by atoms with Crippen LogP contribution in [0.4, 0.5) is 0 Å². The minimum absolute atomic E-state index is 0.808. The Morgan fingerprint density at radius 3 is 2.37 bits per heavy atom. The summed E-state index contributed by atoms with van der Waals surface area (Å²) in [5.41, 5.74) is 2.41. The maximum atomic E-state index is 5.72. The Bertz CT molecular complexity index is 505. The van der Waals surface area contributed by atoms with E-state index in [0.717, 1.165) is 23.2 Å². The maximum absolute atomic E-state index is 5.72. The molecule has 0 N–H and O–H groups in total. The molecule has 0 aromatic heterocycles. The summed E-state index contributed by atoms with van der Waals surface area (Å²) in [5, 5.41) is 0. The zero-order valence-electron chi connectivity index (χ0n) is 11.2. The summed E-state index contributed by atoms with van der Waals surface area (Å²) in [7, 11) is 0. The van der Waals surface area contributed by atoms with Gasteiger partial charge in [-0.05, 0) is 35.7 Å². The van der Waals surface area contributed by atoms with E-state index in [4.69, 9.17) is 4.74 Å². The normalized spacial score (nSPS) is 10.4. The molecule has 0 spiro atoms. The molecule has 0 bridgehead atoms. The zero-order valence-corrected chi connectivity index (χ0v) is 12.8. The van der Waals surface area contributed by atoms with Gasteiger partial charge in [0.05, 0.1) is 6.61 Å². The molecule has 2 rings (SSSR count). The molecule has 100 valence electrons. The van der Waals surface area contributed by atoms with E-state index in [2.05, 4.69) is 53.2 Å². The zero-order chi connectivity index (χ0) is 13.5. The number of benzene rings is 2. The van der Waals surface area contributed by atoms with Gasteiger partial charge in [0.1, 0.15) is 5.75 Å². The van der Waals surface area contributed by atoms with Crippen molar-refractivity contribution in [3.63, 3.8) is 0 Å². The molecule has 0 aliphatic carbocycles. The highest BCUT2D eigenvalue weighted by molar-refractivity contribution is 9.10. The van der Waals surface area contributed by atoms with Crippen LogP contribution in [0.2, 0.25) is 0 Å². The molecular weight excluding hydrogens is 300 g/mol. The van der Waals surface area contributed by atoms with Crippen LogP contribution in [0.25, 0.3) is 11.1 Å². The molecule has 0 aliphatic rings. The Morgan fingerprint density at radius 2 is 1.68 bits per heavy atom. The predicted octanol–water partition coefficient (Wildman–Crippen LogP) is 5.69. The summed E-state index contributed by atoms with van der Waals surface area (Å²) in [5.74, 6) is 0.951. The molecule has 2 aromatic rings. The third-order valence-electron chi connectivity index (χ3n) is 3.06. The fourth-order valence-electron chi connectivity index (χ4n) is 1.97. The number of rotatable bonds is 6. The monoisotopic (exact) mass is 318 g/mol. The van der Waals surface area contributed by atoms with Crippen LogP contribution in [0.1, 0.15) is 26.2 Å². The Balaban J connectivity index is 2.01. The number of halogens is 1. The minimum atomic E-state index is 0.808. The van der Waals surface area contributed by atoms with E-state index in [0.29, 0.717) is 0 Å². The Labute approximate surface area is 123 Å². The summed E-state index contributed by atoms with van der Waals surface area (Å²) in [6.45, 7) is 3.01. The van der Waals surface area contributed by atoms with Crippen molar-refractivity contribution < 1.29 is 4.74 Å². The van der Waals surface area contributed by atoms with Crippen molar-refractivity contribution in [3.05, 3.63) is 53.0 Å². The summed E-state index contributed by atoms with van der Waals surface area (Å²) >= 11 is 3.58. The van der Waals surface area contributed by atoms with Gasteiger partial charge in [0, 0.05) is 4.47 Å². The van der Waals surface area contributed by atoms with E-state index in [9.17, 15) is 0 Å². The van der Waals surface area contributed by atoms with Gasteiger partial charge in [0.25, 0.3) is 0 Å². The van der Waals surface area contributed by atoms with Crippen molar-refractivity contribution in [2.45, 2.75) is 26.2 Å². The van der Waals surface area contributed by atoms with Crippen LogP contribution in [-0.2, 0) is 0 Å². The first-order valence-corrected chi connectivity index (χ1v) is 7.58. The molecule has 1 nitrogen and oxygen atoms in total. The second kappa shape index (κ2) is 7.34. The molecule has 0 atom stereocenters. The molecule has 2 aromatic carbocycles. The molecule has 0 fully saturated rings. The van der Waals surface area contributed by atoms with Crippen LogP contribution < -0.4 is 4.74 Å². The van der Waals surface area contributed by atoms with Gasteiger partial charge in [-0.2, -0.15) is 0 Å². The van der Waals surface area contributed by atoms with E-state index >= 15 is 0 Å². The largest absolute Gasteiger partial charge is 0.494 e. The molecule has 19 heavy (non-hydrogen) atoms. The topological polar surface area (TPSA) is 9.23 Å². The van der Waals surface area contributed by atoms with Gasteiger partial charge in [-0.1, -0.05) is 66.0 Å². The van der Waals surface area contributed by atoms with E-state index in [1.54, 1.807) is 0 Å². The smallest absolute Gasteiger partial charge is 0.119 e. The van der Waals surface area contributed by atoms with Crippen molar-refractivity contribution >= 4 is 15.9 Å². The van der Waals surface area contributed by atoms with Crippen molar-refractivity contribution in [2.24, 2.45) is 0 Å². The summed E-state index contributed by atoms with van der Waals surface area (Å²) in [6, 6.07) is 16.5. The lowest BCUT2D eigenvalue weighted by Gasteiger charge is -2.08. The SMILES string of the molecule is CCCCCOc1ccc(-c2ccccc2Br)cc1. The first kappa shape index (κ1) is 14.1. The van der Waals surface area contributed by atoms with Crippen LogP contribution in [0.15, 0.2) is 53.0 Å². The summed E-state index contributed by atoms with van der Waals surface area (Å²) in [4.78, 5) is 0. The molecule has 0 amide bonds. The third-order valence-corrected chi connectivity index (χ3v) is 3.75. The number of unbranched alkanes of at least 4 members (excludes halogenated alkanes) is 2. The number of ether oxygens (including phenoxy) is 1. The quantitative estimate of drug-likeness (QED) is 0.622. The highest BCUT2D eigenvalue weighted by Crippen LogP contribution is 2.29. The van der Waals surface area contributed by atoms with E-state index in [1.807, 2.05) is 18.2 Å². The average Bonchev–Trinajstić information content (AvgIpc) is 2.45. The molecule has 0 saturated heterocycles. The number of hydrogen-bond acceptors (Lipinski definition) is 1. The standard InChI is InChI=1S/C17H19BrO/c1-2-3-6-13-19-15-11-9-14(10-12-15)16-7-4-5-8-17(16)18/h4-5,7-12H,2-3,6,13H2,1H3. The van der Waals surface area contributed by atoms with Crippen molar-refractivity contribution in [2.75, 3.05) is 6.61 Å². The Morgan fingerprint density at radius 1 is 0.947 bits per heavy atom. The predicted molar refractivity (Wildman–Crippen MR) is 84.6 cm³/mol. The van der Waals surface area contributed by atoms with Gasteiger partial charge in [0.2, 0.25) is 0 Å². The van der Waals surface area contributed by atoms with Gasteiger partial charge in [-0.3, -0.25) is 0 Å². The van der Waals surface area contributed by atoms with Crippen LogP contribution in [0, 0.1) is 0 Å². The number of hydrogen-bond donors (Lipinski definition) is 0. The lowest BCUT2D eigenvalue weighted by Crippen LogP contribution is -1.96. The summed E-state index contributed by atoms with van der Waals surface area (Å²) < 4.78 is 6.83. The van der Waals surface area contributed by atoms with Crippen LogP contribution in [0.5, 0.6) is 5.75 Å². The molecule has 0 unspecified atom stereocenters. The highest BCUT2D eigenvalue weighted by Gasteiger charge is 2.02. The third kappa shape index (κ3) is 4.10. The Kier molecular flexibility index (Phi) is 5.46. The van der Waals surface area contributed by atoms with Crippen LogP contribution in [-0.4, -0.2) is 6.61 Å². The second-order valence-corrected chi connectivity index (χ2v) is 5.41. The summed E-state index contributed by atoms with van der Waals surface area (Å²) in [6.07, 6.45) is 3.59. The van der Waals surface area contributed by atoms with Crippen molar-refractivity contribution in [1.82, 2.24) is 0 Å². The Hall–Kier alpha value is -1.28. The molecule has 0 heterocycles.